The maximum Gasteiger partial charge on any atom is 0.418 e. The van der Waals surface area contributed by atoms with Gasteiger partial charge in [-0.3, -0.25) is 0 Å². The van der Waals surface area contributed by atoms with E-state index in [9.17, 15) is 13.2 Å². The molecule has 0 spiro atoms. The zero-order chi connectivity index (χ0) is 18.3. The summed E-state index contributed by atoms with van der Waals surface area (Å²) in [4.78, 5) is 0. The van der Waals surface area contributed by atoms with Crippen LogP contribution in [-0.4, -0.2) is 16.3 Å². The molecule has 26 heavy (non-hydrogen) atoms. The molecule has 0 amide bonds. The van der Waals surface area contributed by atoms with E-state index in [1.807, 2.05) is 16.8 Å². The number of hydrogen-bond acceptors (Lipinski definition) is 3. The van der Waals surface area contributed by atoms with E-state index in [1.54, 1.807) is 0 Å². The second-order valence-corrected chi connectivity index (χ2v) is 7.36. The Hall–Kier alpha value is -1.99. The summed E-state index contributed by atoms with van der Waals surface area (Å²) in [5, 5.41) is 11.8. The van der Waals surface area contributed by atoms with E-state index in [2.05, 4.69) is 10.4 Å². The SMILES string of the molecule is FC(F)(F)c1cc(Cl)ccc1-n1nc(-c2ccsc2)c2c1NCCCC2. The van der Waals surface area contributed by atoms with Crippen molar-refractivity contribution in [2.24, 2.45) is 0 Å². The minimum Gasteiger partial charge on any atom is -0.370 e. The first-order chi connectivity index (χ1) is 12.4. The van der Waals surface area contributed by atoms with E-state index in [1.165, 1.54) is 28.2 Å². The van der Waals surface area contributed by atoms with Gasteiger partial charge in [0.2, 0.25) is 0 Å². The summed E-state index contributed by atoms with van der Waals surface area (Å²) < 4.78 is 42.1. The highest BCUT2D eigenvalue weighted by atomic mass is 35.5. The molecule has 2 aromatic heterocycles. The van der Waals surface area contributed by atoms with Crippen molar-refractivity contribution in [3.05, 3.63) is 51.2 Å². The first-order valence-electron chi connectivity index (χ1n) is 8.20. The van der Waals surface area contributed by atoms with Crippen LogP contribution in [0.1, 0.15) is 24.0 Å². The van der Waals surface area contributed by atoms with Crippen LogP contribution < -0.4 is 5.32 Å². The molecule has 0 fully saturated rings. The standard InChI is InChI=1S/C18H15ClF3N3S/c19-12-4-5-15(14(9-12)18(20,21)22)25-17-13(3-1-2-7-23-17)16(24-25)11-6-8-26-10-11/h4-6,8-10,23H,1-3,7H2. The third-order valence-corrected chi connectivity index (χ3v) is 5.33. The summed E-state index contributed by atoms with van der Waals surface area (Å²) in [5.74, 6) is 0.636. The van der Waals surface area contributed by atoms with Crippen LogP contribution in [0.4, 0.5) is 19.0 Å². The number of nitrogens with one attached hydrogen (secondary N) is 1. The molecule has 0 unspecified atom stereocenters. The van der Waals surface area contributed by atoms with Gasteiger partial charge in [-0.05, 0) is 48.9 Å². The minimum atomic E-state index is -4.52. The zero-order valence-corrected chi connectivity index (χ0v) is 15.2. The van der Waals surface area contributed by atoms with E-state index >= 15 is 0 Å². The lowest BCUT2D eigenvalue weighted by Gasteiger charge is -2.16. The molecule has 0 radical (unpaired) electrons. The van der Waals surface area contributed by atoms with Gasteiger partial charge in [-0.25, -0.2) is 4.68 Å². The Kier molecular flexibility index (Phi) is 4.44. The highest BCUT2D eigenvalue weighted by Crippen LogP contribution is 2.40. The molecule has 8 heteroatoms. The maximum atomic E-state index is 13.6. The van der Waals surface area contributed by atoms with Crippen molar-refractivity contribution in [1.82, 2.24) is 9.78 Å². The third-order valence-electron chi connectivity index (χ3n) is 4.42. The first kappa shape index (κ1) is 17.4. The average molecular weight is 398 g/mol. The number of anilines is 1. The Balaban J connectivity index is 1.96. The van der Waals surface area contributed by atoms with Crippen molar-refractivity contribution in [2.75, 3.05) is 11.9 Å². The predicted molar refractivity (Wildman–Crippen MR) is 98.3 cm³/mol. The molecule has 0 aliphatic carbocycles. The van der Waals surface area contributed by atoms with Gasteiger partial charge < -0.3 is 5.32 Å². The van der Waals surface area contributed by atoms with Crippen molar-refractivity contribution in [3.8, 4) is 16.9 Å². The Morgan fingerprint density at radius 2 is 2.04 bits per heavy atom. The van der Waals surface area contributed by atoms with E-state index < -0.39 is 11.7 Å². The molecule has 0 bridgehead atoms. The molecule has 3 nitrogen and oxygen atoms in total. The topological polar surface area (TPSA) is 29.9 Å². The third kappa shape index (κ3) is 3.10. The number of aromatic nitrogens is 2. The number of hydrogen-bond donors (Lipinski definition) is 1. The summed E-state index contributed by atoms with van der Waals surface area (Å²) in [5.41, 5.74) is 1.81. The van der Waals surface area contributed by atoms with Gasteiger partial charge in [0, 0.05) is 28.1 Å². The maximum absolute atomic E-state index is 13.6. The molecule has 0 saturated carbocycles. The van der Waals surface area contributed by atoms with Crippen LogP contribution in [-0.2, 0) is 12.6 Å². The number of rotatable bonds is 2. The first-order valence-corrected chi connectivity index (χ1v) is 9.52. The average Bonchev–Trinajstić information content (AvgIpc) is 3.16. The molecule has 1 aromatic carbocycles. The number of alkyl halides is 3. The summed E-state index contributed by atoms with van der Waals surface area (Å²) in [6, 6.07) is 5.73. The van der Waals surface area contributed by atoms with Crippen LogP contribution in [0.15, 0.2) is 35.0 Å². The molecule has 1 N–H and O–H groups in total. The van der Waals surface area contributed by atoms with Crippen molar-refractivity contribution in [3.63, 3.8) is 0 Å². The van der Waals surface area contributed by atoms with Crippen LogP contribution in [0.5, 0.6) is 0 Å². The minimum absolute atomic E-state index is 0.0194. The van der Waals surface area contributed by atoms with Gasteiger partial charge in [0.05, 0.1) is 16.9 Å². The lowest BCUT2D eigenvalue weighted by atomic mass is 10.1. The van der Waals surface area contributed by atoms with Gasteiger partial charge >= 0.3 is 6.18 Å². The fourth-order valence-electron chi connectivity index (χ4n) is 3.23. The summed E-state index contributed by atoms with van der Waals surface area (Å²) in [7, 11) is 0. The Bertz CT molecular complexity index is 932. The van der Waals surface area contributed by atoms with Crippen LogP contribution >= 0.6 is 22.9 Å². The van der Waals surface area contributed by atoms with Gasteiger partial charge in [-0.15, -0.1) is 0 Å². The number of benzene rings is 1. The highest BCUT2D eigenvalue weighted by Gasteiger charge is 2.36. The van der Waals surface area contributed by atoms with Gasteiger partial charge in [0.1, 0.15) is 5.82 Å². The molecule has 1 aliphatic heterocycles. The zero-order valence-electron chi connectivity index (χ0n) is 13.6. The van der Waals surface area contributed by atoms with Crippen molar-refractivity contribution < 1.29 is 13.2 Å². The molecule has 3 aromatic rings. The van der Waals surface area contributed by atoms with E-state index in [4.69, 9.17) is 11.6 Å². The molecule has 0 atom stereocenters. The van der Waals surface area contributed by atoms with E-state index in [0.29, 0.717) is 12.4 Å². The molecule has 136 valence electrons. The molecule has 1 aliphatic rings. The molecule has 4 rings (SSSR count). The monoisotopic (exact) mass is 397 g/mol. The van der Waals surface area contributed by atoms with E-state index in [0.717, 1.165) is 42.1 Å². The Morgan fingerprint density at radius 3 is 2.77 bits per heavy atom. The quantitative estimate of drug-likeness (QED) is 0.573. The molecule has 0 saturated heterocycles. The summed E-state index contributed by atoms with van der Waals surface area (Å²) in [6.45, 7) is 0.705. The summed E-state index contributed by atoms with van der Waals surface area (Å²) >= 11 is 7.36. The van der Waals surface area contributed by atoms with Crippen molar-refractivity contribution >= 4 is 28.8 Å². The van der Waals surface area contributed by atoms with Gasteiger partial charge in [-0.1, -0.05) is 11.6 Å². The lowest BCUT2D eigenvalue weighted by molar-refractivity contribution is -0.137. The Morgan fingerprint density at radius 1 is 1.19 bits per heavy atom. The molecular weight excluding hydrogens is 383 g/mol. The number of thiophene rings is 1. The number of halogens is 4. The second-order valence-electron chi connectivity index (χ2n) is 6.14. The normalized spacial score (nSPS) is 14.6. The lowest BCUT2D eigenvalue weighted by Crippen LogP contribution is -2.14. The second kappa shape index (κ2) is 6.63. The fourth-order valence-corrected chi connectivity index (χ4v) is 4.04. The largest absolute Gasteiger partial charge is 0.418 e. The van der Waals surface area contributed by atoms with E-state index in [-0.39, 0.29) is 10.7 Å². The van der Waals surface area contributed by atoms with Crippen molar-refractivity contribution in [1.29, 1.82) is 0 Å². The Labute approximate surface area is 157 Å². The van der Waals surface area contributed by atoms with Crippen LogP contribution in [0.3, 0.4) is 0 Å². The van der Waals surface area contributed by atoms with Gasteiger partial charge in [-0.2, -0.15) is 29.6 Å². The van der Waals surface area contributed by atoms with Gasteiger partial charge in [0.15, 0.2) is 0 Å². The number of fused-ring (bicyclic) bond motifs is 1. The van der Waals surface area contributed by atoms with Crippen LogP contribution in [0, 0.1) is 0 Å². The smallest absolute Gasteiger partial charge is 0.370 e. The van der Waals surface area contributed by atoms with Crippen molar-refractivity contribution in [2.45, 2.75) is 25.4 Å². The van der Waals surface area contributed by atoms with Crippen LogP contribution in [0.2, 0.25) is 5.02 Å². The summed E-state index contributed by atoms with van der Waals surface area (Å²) in [6.07, 6.45) is -1.81. The molecule has 3 heterocycles. The van der Waals surface area contributed by atoms with Gasteiger partial charge in [0.25, 0.3) is 0 Å². The predicted octanol–water partition coefficient (Wildman–Crippen LogP) is 6.02. The van der Waals surface area contributed by atoms with Crippen LogP contribution in [0.25, 0.3) is 16.9 Å². The number of nitrogens with zero attached hydrogens (tertiary/aromatic N) is 2. The highest BCUT2D eigenvalue weighted by molar-refractivity contribution is 7.08. The fraction of sp³-hybridized carbons (Fsp3) is 0.278. The molecular formula is C18H15ClF3N3S.